The van der Waals surface area contributed by atoms with E-state index in [1.807, 2.05) is 6.92 Å². The number of rotatable bonds is 4. The third-order valence-electron chi connectivity index (χ3n) is 0.659. The van der Waals surface area contributed by atoms with Gasteiger partial charge in [0.05, 0.1) is 18.8 Å². The van der Waals surface area contributed by atoms with Crippen LogP contribution in [0.3, 0.4) is 0 Å². The summed E-state index contributed by atoms with van der Waals surface area (Å²) in [5.74, 6) is 0.544. The molecule has 0 fully saturated rings. The van der Waals surface area contributed by atoms with Gasteiger partial charge >= 0.3 is 0 Å². The molecule has 8 heavy (non-hydrogen) atoms. The largest absolute Gasteiger partial charge is 0.498 e. The highest BCUT2D eigenvalue weighted by Crippen LogP contribution is 1.94. The van der Waals surface area contributed by atoms with E-state index >= 15 is 0 Å². The van der Waals surface area contributed by atoms with Crippen LogP contribution in [0.5, 0.6) is 0 Å². The van der Waals surface area contributed by atoms with Gasteiger partial charge in [0, 0.05) is 0 Å². The first kappa shape index (κ1) is 7.21. The number of ether oxygens (including phenoxy) is 1. The predicted octanol–water partition coefficient (Wildman–Crippen LogP) is 1.13. The zero-order valence-corrected chi connectivity index (χ0v) is 5.02. The Morgan fingerprint density at radius 2 is 2.50 bits per heavy atom. The van der Waals surface area contributed by atoms with Crippen molar-refractivity contribution >= 4 is 6.29 Å². The normalized spacial score (nSPS) is 8.12. The van der Waals surface area contributed by atoms with Crippen molar-refractivity contribution in [1.29, 1.82) is 0 Å². The van der Waals surface area contributed by atoms with Gasteiger partial charge in [0.25, 0.3) is 0 Å². The maximum Gasteiger partial charge on any atom is 0.127 e. The van der Waals surface area contributed by atoms with E-state index in [1.165, 1.54) is 0 Å². The van der Waals surface area contributed by atoms with Crippen LogP contribution in [0.4, 0.5) is 0 Å². The molecule has 0 bridgehead atoms. The molecule has 0 amide bonds. The van der Waals surface area contributed by atoms with E-state index in [1.54, 1.807) is 0 Å². The molecule has 2 nitrogen and oxygen atoms in total. The smallest absolute Gasteiger partial charge is 0.127 e. The number of carbonyl (C=O) groups excluding carboxylic acids is 1. The second-order valence-corrected chi connectivity index (χ2v) is 1.34. The van der Waals surface area contributed by atoms with Gasteiger partial charge in [0.15, 0.2) is 0 Å². The zero-order valence-electron chi connectivity index (χ0n) is 5.02. The third-order valence-corrected chi connectivity index (χ3v) is 0.659. The molecule has 0 radical (unpaired) electrons. The lowest BCUT2D eigenvalue weighted by molar-refractivity contribution is -0.107. The number of hydrogen-bond donors (Lipinski definition) is 0. The lowest BCUT2D eigenvalue weighted by Crippen LogP contribution is -1.89. The molecule has 0 heterocycles. The van der Waals surface area contributed by atoms with Gasteiger partial charge in [-0.3, -0.25) is 0 Å². The van der Waals surface area contributed by atoms with Crippen molar-refractivity contribution in [3.05, 3.63) is 12.3 Å². The van der Waals surface area contributed by atoms with Crippen LogP contribution in [0.15, 0.2) is 12.3 Å². The van der Waals surface area contributed by atoms with E-state index in [-0.39, 0.29) is 0 Å². The Kier molecular flexibility index (Phi) is 3.94. The van der Waals surface area contributed by atoms with Crippen LogP contribution in [-0.4, -0.2) is 12.9 Å². The van der Waals surface area contributed by atoms with Crippen molar-refractivity contribution in [3.63, 3.8) is 0 Å². The second-order valence-electron chi connectivity index (χ2n) is 1.34. The van der Waals surface area contributed by atoms with Crippen molar-refractivity contribution in [2.45, 2.75) is 13.3 Å². The number of carbonyl (C=O) groups is 1. The highest BCUT2D eigenvalue weighted by atomic mass is 16.5. The van der Waals surface area contributed by atoms with Gasteiger partial charge in [0.2, 0.25) is 0 Å². The van der Waals surface area contributed by atoms with Crippen LogP contribution >= 0.6 is 0 Å². The fraction of sp³-hybridized carbons (Fsp3) is 0.500. The zero-order chi connectivity index (χ0) is 6.41. The van der Waals surface area contributed by atoms with Gasteiger partial charge in [-0.15, -0.1) is 0 Å². The lowest BCUT2D eigenvalue weighted by Gasteiger charge is -1.99. The van der Waals surface area contributed by atoms with Crippen molar-refractivity contribution in [2.75, 3.05) is 6.61 Å². The predicted molar refractivity (Wildman–Crippen MR) is 31.4 cm³/mol. The molecular weight excluding hydrogens is 104 g/mol. The minimum Gasteiger partial charge on any atom is -0.498 e. The van der Waals surface area contributed by atoms with E-state index in [2.05, 4.69) is 6.58 Å². The average molecular weight is 114 g/mol. The molecule has 0 unspecified atom stereocenters. The Balaban J connectivity index is 3.18. The Labute approximate surface area is 49.1 Å². The molecule has 0 spiro atoms. The van der Waals surface area contributed by atoms with Crippen LogP contribution in [0.1, 0.15) is 13.3 Å². The summed E-state index contributed by atoms with van der Waals surface area (Å²) in [6.45, 7) is 5.93. The molecule has 0 aromatic rings. The molecule has 0 aliphatic carbocycles. The SMILES string of the molecule is C=C(CC=O)OCC. The topological polar surface area (TPSA) is 26.3 Å². The van der Waals surface area contributed by atoms with E-state index < -0.39 is 0 Å². The Hall–Kier alpha value is -0.790. The Bertz CT molecular complexity index is 86.5. The van der Waals surface area contributed by atoms with Crippen molar-refractivity contribution < 1.29 is 9.53 Å². The van der Waals surface area contributed by atoms with Crippen molar-refractivity contribution in [3.8, 4) is 0 Å². The monoisotopic (exact) mass is 114 g/mol. The number of aldehydes is 1. The van der Waals surface area contributed by atoms with Gasteiger partial charge in [-0.2, -0.15) is 0 Å². The molecule has 0 N–H and O–H groups in total. The van der Waals surface area contributed by atoms with Gasteiger partial charge in [-0.1, -0.05) is 6.58 Å². The summed E-state index contributed by atoms with van der Waals surface area (Å²) < 4.78 is 4.86. The number of hydrogen-bond acceptors (Lipinski definition) is 2. The van der Waals surface area contributed by atoms with Crippen molar-refractivity contribution in [1.82, 2.24) is 0 Å². The molecule has 0 aliphatic heterocycles. The molecule has 0 aromatic carbocycles. The lowest BCUT2D eigenvalue weighted by atomic mass is 10.4. The van der Waals surface area contributed by atoms with Crippen LogP contribution in [0.25, 0.3) is 0 Å². The summed E-state index contributed by atoms with van der Waals surface area (Å²) in [5.41, 5.74) is 0. The standard InChI is InChI=1S/C6H10O2/c1-3-8-6(2)4-5-7/h5H,2-4H2,1H3. The van der Waals surface area contributed by atoms with Crippen LogP contribution in [-0.2, 0) is 9.53 Å². The molecule has 0 saturated heterocycles. The summed E-state index contributed by atoms with van der Waals surface area (Å²) in [6, 6.07) is 0. The average Bonchev–Trinajstić information content (AvgIpc) is 1.68. The second kappa shape index (κ2) is 4.37. The van der Waals surface area contributed by atoms with Gasteiger partial charge < -0.3 is 9.53 Å². The van der Waals surface area contributed by atoms with E-state index in [0.29, 0.717) is 18.8 Å². The molecule has 0 rings (SSSR count). The Morgan fingerprint density at radius 3 is 2.88 bits per heavy atom. The summed E-state index contributed by atoms with van der Waals surface area (Å²) >= 11 is 0. The summed E-state index contributed by atoms with van der Waals surface area (Å²) in [6.07, 6.45) is 1.09. The van der Waals surface area contributed by atoms with Crippen molar-refractivity contribution in [2.24, 2.45) is 0 Å². The first-order chi connectivity index (χ1) is 3.81. The fourth-order valence-electron chi connectivity index (χ4n) is 0.356. The van der Waals surface area contributed by atoms with E-state index in [9.17, 15) is 4.79 Å². The molecule has 2 heteroatoms. The summed E-state index contributed by atoms with van der Waals surface area (Å²) in [5, 5.41) is 0. The fourth-order valence-corrected chi connectivity index (χ4v) is 0.356. The molecule has 0 aliphatic rings. The molecular formula is C6H10O2. The highest BCUT2D eigenvalue weighted by molar-refractivity contribution is 5.52. The highest BCUT2D eigenvalue weighted by Gasteiger charge is 1.87. The summed E-state index contributed by atoms with van der Waals surface area (Å²) in [7, 11) is 0. The maximum atomic E-state index is 9.75. The molecule has 46 valence electrons. The minimum atomic E-state index is 0.313. The molecule has 0 atom stereocenters. The van der Waals surface area contributed by atoms with Gasteiger partial charge in [0.1, 0.15) is 6.29 Å². The van der Waals surface area contributed by atoms with E-state index in [0.717, 1.165) is 6.29 Å². The maximum absolute atomic E-state index is 9.75. The minimum absolute atomic E-state index is 0.313. The molecule has 0 aromatic heterocycles. The number of allylic oxidation sites excluding steroid dienone is 1. The quantitative estimate of drug-likeness (QED) is 0.404. The first-order valence-electron chi connectivity index (χ1n) is 2.55. The van der Waals surface area contributed by atoms with E-state index in [4.69, 9.17) is 4.74 Å². The summed E-state index contributed by atoms with van der Waals surface area (Å²) in [4.78, 5) is 9.75. The van der Waals surface area contributed by atoms with Crippen LogP contribution in [0.2, 0.25) is 0 Å². The Morgan fingerprint density at radius 1 is 1.88 bits per heavy atom. The van der Waals surface area contributed by atoms with Gasteiger partial charge in [-0.25, -0.2) is 0 Å². The first-order valence-corrected chi connectivity index (χ1v) is 2.55. The molecule has 0 saturated carbocycles. The van der Waals surface area contributed by atoms with Crippen LogP contribution < -0.4 is 0 Å². The van der Waals surface area contributed by atoms with Crippen LogP contribution in [0, 0.1) is 0 Å². The van der Waals surface area contributed by atoms with Gasteiger partial charge in [-0.05, 0) is 6.92 Å². The third kappa shape index (κ3) is 3.40.